The first-order chi connectivity index (χ1) is 10.2. The number of nitrogens with zero attached hydrogens (tertiary/aromatic N) is 1. The second-order valence-electron chi connectivity index (χ2n) is 5.36. The van der Waals surface area contributed by atoms with Crippen molar-refractivity contribution in [3.8, 4) is 11.5 Å². The van der Waals surface area contributed by atoms with Crippen LogP contribution in [0.1, 0.15) is 11.1 Å². The molecule has 22 heavy (non-hydrogen) atoms. The summed E-state index contributed by atoms with van der Waals surface area (Å²) in [6.07, 6.45) is 3.16. The highest BCUT2D eigenvalue weighted by Gasteiger charge is 2.10. The Morgan fingerprint density at radius 3 is 2.23 bits per heavy atom. The molecule has 0 saturated carbocycles. The average Bonchev–Trinajstić information content (AvgIpc) is 2.33. The van der Waals surface area contributed by atoms with Crippen molar-refractivity contribution in [1.82, 2.24) is 0 Å². The van der Waals surface area contributed by atoms with Crippen molar-refractivity contribution in [2.75, 3.05) is 12.5 Å². The molecule has 0 fully saturated rings. The SMILES string of the molecule is Cc1cc(F)cc(C)c1Oc1ccc(N=S(C)(C)=O)cc1Br. The van der Waals surface area contributed by atoms with Crippen molar-refractivity contribution in [3.05, 3.63) is 51.7 Å². The van der Waals surface area contributed by atoms with Crippen LogP contribution in [0, 0.1) is 19.7 Å². The Balaban J connectivity index is 2.38. The van der Waals surface area contributed by atoms with Crippen LogP contribution in [0.15, 0.2) is 39.2 Å². The number of hydrogen-bond acceptors (Lipinski definition) is 3. The molecule has 0 aliphatic rings. The van der Waals surface area contributed by atoms with Crippen LogP contribution in [0.25, 0.3) is 0 Å². The molecule has 0 unspecified atom stereocenters. The summed E-state index contributed by atoms with van der Waals surface area (Å²) < 4.78 is 35.8. The van der Waals surface area contributed by atoms with E-state index in [2.05, 4.69) is 20.3 Å². The normalized spacial score (nSPS) is 11.4. The first kappa shape index (κ1) is 17.0. The third-order valence-corrected chi connectivity index (χ3v) is 4.15. The molecule has 0 amide bonds. The maximum absolute atomic E-state index is 13.3. The van der Waals surface area contributed by atoms with Gasteiger partial charge in [0.15, 0.2) is 0 Å². The molecule has 2 aromatic carbocycles. The summed E-state index contributed by atoms with van der Waals surface area (Å²) in [5, 5.41) is 0. The third kappa shape index (κ3) is 4.30. The predicted molar refractivity (Wildman–Crippen MR) is 92.2 cm³/mol. The van der Waals surface area contributed by atoms with E-state index in [1.165, 1.54) is 12.1 Å². The maximum atomic E-state index is 13.3. The molecule has 6 heteroatoms. The lowest BCUT2D eigenvalue weighted by atomic mass is 10.1. The zero-order chi connectivity index (χ0) is 16.5. The lowest BCUT2D eigenvalue weighted by Gasteiger charge is -2.13. The smallest absolute Gasteiger partial charge is 0.141 e. The van der Waals surface area contributed by atoms with Crippen LogP contribution < -0.4 is 4.74 Å². The highest BCUT2D eigenvalue weighted by atomic mass is 79.9. The van der Waals surface area contributed by atoms with Crippen LogP contribution in [0.5, 0.6) is 11.5 Å². The molecule has 0 N–H and O–H groups in total. The predicted octanol–water partition coefficient (Wildman–Crippen LogP) is 5.36. The van der Waals surface area contributed by atoms with Gasteiger partial charge in [0.25, 0.3) is 0 Å². The lowest BCUT2D eigenvalue weighted by molar-refractivity contribution is 0.469. The molecular weight excluding hydrogens is 369 g/mol. The van der Waals surface area contributed by atoms with Gasteiger partial charge in [0.05, 0.1) is 10.2 Å². The van der Waals surface area contributed by atoms with Gasteiger partial charge in [-0.1, -0.05) is 0 Å². The standard InChI is InChI=1S/C16H17BrFNO2S/c1-10-7-12(18)8-11(2)16(10)21-15-6-5-13(9-14(15)17)19-22(3,4)20/h5-9H,1-4H3. The van der Waals surface area contributed by atoms with E-state index in [9.17, 15) is 8.60 Å². The molecule has 3 nitrogen and oxygen atoms in total. The summed E-state index contributed by atoms with van der Waals surface area (Å²) in [6.45, 7) is 3.60. The molecule has 0 aliphatic heterocycles. The molecule has 0 aliphatic carbocycles. The molecule has 0 spiro atoms. The first-order valence-electron chi connectivity index (χ1n) is 6.57. The quantitative estimate of drug-likeness (QED) is 0.713. The molecule has 0 heterocycles. The van der Waals surface area contributed by atoms with Crippen molar-refractivity contribution in [3.63, 3.8) is 0 Å². The Morgan fingerprint density at radius 1 is 1.14 bits per heavy atom. The Morgan fingerprint density at radius 2 is 1.73 bits per heavy atom. The Bertz CT molecular complexity index is 811. The Hall–Kier alpha value is -1.40. The second-order valence-corrected chi connectivity index (χ2v) is 8.76. The molecule has 0 bridgehead atoms. The van der Waals surface area contributed by atoms with Crippen molar-refractivity contribution in [2.45, 2.75) is 13.8 Å². The fourth-order valence-electron chi connectivity index (χ4n) is 2.05. The molecule has 0 saturated heterocycles. The van der Waals surface area contributed by atoms with E-state index in [-0.39, 0.29) is 5.82 Å². The fraction of sp³-hybridized carbons (Fsp3) is 0.250. The molecule has 0 aromatic heterocycles. The zero-order valence-corrected chi connectivity index (χ0v) is 15.2. The average molecular weight is 386 g/mol. The van der Waals surface area contributed by atoms with Gasteiger partial charge in [-0.05, 0) is 71.2 Å². The molecule has 0 atom stereocenters. The van der Waals surface area contributed by atoms with Gasteiger partial charge in [0.1, 0.15) is 17.3 Å². The van der Waals surface area contributed by atoms with Crippen LogP contribution in [0.3, 0.4) is 0 Å². The van der Waals surface area contributed by atoms with Crippen LogP contribution >= 0.6 is 15.9 Å². The van der Waals surface area contributed by atoms with Gasteiger partial charge in [-0.15, -0.1) is 0 Å². The number of rotatable bonds is 3. The number of ether oxygens (including phenoxy) is 1. The van der Waals surface area contributed by atoms with Crippen LogP contribution in [-0.2, 0) is 9.73 Å². The van der Waals surface area contributed by atoms with E-state index < -0.39 is 9.73 Å². The zero-order valence-electron chi connectivity index (χ0n) is 12.8. The van der Waals surface area contributed by atoms with Crippen molar-refractivity contribution >= 4 is 31.3 Å². The monoisotopic (exact) mass is 385 g/mol. The maximum Gasteiger partial charge on any atom is 0.141 e. The minimum absolute atomic E-state index is 0.281. The minimum atomic E-state index is -2.21. The minimum Gasteiger partial charge on any atom is -0.456 e. The first-order valence-corrected chi connectivity index (χ1v) is 9.69. The third-order valence-electron chi connectivity index (χ3n) is 2.88. The van der Waals surface area contributed by atoms with Gasteiger partial charge in [-0.3, -0.25) is 0 Å². The van der Waals surface area contributed by atoms with E-state index >= 15 is 0 Å². The van der Waals surface area contributed by atoms with Crippen LogP contribution in [-0.4, -0.2) is 16.7 Å². The Kier molecular flexibility index (Phi) is 4.92. The van der Waals surface area contributed by atoms with Crippen LogP contribution in [0.2, 0.25) is 0 Å². The molecule has 2 aromatic rings. The van der Waals surface area contributed by atoms with Crippen molar-refractivity contribution in [2.24, 2.45) is 4.36 Å². The van der Waals surface area contributed by atoms with Crippen LogP contribution in [0.4, 0.5) is 10.1 Å². The molecular formula is C16H17BrFNO2S. The number of halogens is 2. The highest BCUT2D eigenvalue weighted by molar-refractivity contribution is 9.10. The van der Waals surface area contributed by atoms with E-state index in [4.69, 9.17) is 4.74 Å². The number of hydrogen-bond donors (Lipinski definition) is 0. The van der Waals surface area contributed by atoms with Gasteiger partial charge in [0, 0.05) is 22.2 Å². The number of aryl methyl sites for hydroxylation is 2. The summed E-state index contributed by atoms with van der Waals surface area (Å²) >= 11 is 3.42. The molecule has 2 rings (SSSR count). The Labute approximate surface area is 138 Å². The van der Waals surface area contributed by atoms with Crippen molar-refractivity contribution in [1.29, 1.82) is 0 Å². The van der Waals surface area contributed by atoms with Gasteiger partial charge >= 0.3 is 0 Å². The summed E-state index contributed by atoms with van der Waals surface area (Å²) in [4.78, 5) is 0. The van der Waals surface area contributed by atoms with Gasteiger partial charge in [-0.2, -0.15) is 4.36 Å². The van der Waals surface area contributed by atoms with Gasteiger partial charge in [-0.25, -0.2) is 8.60 Å². The second kappa shape index (κ2) is 6.38. The topological polar surface area (TPSA) is 38.7 Å². The summed E-state index contributed by atoms with van der Waals surface area (Å²) in [5.74, 6) is 0.938. The number of benzene rings is 2. The van der Waals surface area contributed by atoms with Gasteiger partial charge < -0.3 is 4.74 Å². The van der Waals surface area contributed by atoms with E-state index in [0.29, 0.717) is 21.7 Å². The van der Waals surface area contributed by atoms with E-state index in [1.54, 1.807) is 44.6 Å². The molecule has 0 radical (unpaired) electrons. The molecule has 118 valence electrons. The van der Waals surface area contributed by atoms with E-state index in [0.717, 1.165) is 11.1 Å². The van der Waals surface area contributed by atoms with E-state index in [1.807, 2.05) is 0 Å². The fourth-order valence-corrected chi connectivity index (χ4v) is 3.12. The lowest BCUT2D eigenvalue weighted by Crippen LogP contribution is -1.93. The summed E-state index contributed by atoms with van der Waals surface area (Å²) in [7, 11) is -2.21. The van der Waals surface area contributed by atoms with Crippen molar-refractivity contribution < 1.29 is 13.3 Å². The van der Waals surface area contributed by atoms with Gasteiger partial charge in [0.2, 0.25) is 0 Å². The summed E-state index contributed by atoms with van der Waals surface area (Å²) in [5.41, 5.74) is 2.06. The summed E-state index contributed by atoms with van der Waals surface area (Å²) in [6, 6.07) is 8.10. The largest absolute Gasteiger partial charge is 0.456 e. The highest BCUT2D eigenvalue weighted by Crippen LogP contribution is 2.36.